The lowest BCUT2D eigenvalue weighted by Gasteiger charge is -2.18. The molecule has 7 heteroatoms. The van der Waals surface area contributed by atoms with Gasteiger partial charge in [0.25, 0.3) is 5.56 Å². The van der Waals surface area contributed by atoms with Crippen molar-refractivity contribution in [3.05, 3.63) is 51.9 Å². The molecule has 0 aliphatic carbocycles. The van der Waals surface area contributed by atoms with Crippen molar-refractivity contribution >= 4 is 17.6 Å². The largest absolute Gasteiger partial charge is 0.461 e. The van der Waals surface area contributed by atoms with Gasteiger partial charge in [0.1, 0.15) is 0 Å². The van der Waals surface area contributed by atoms with E-state index in [4.69, 9.17) is 4.74 Å². The molecule has 1 aromatic heterocycles. The Balaban J connectivity index is 2.52. The van der Waals surface area contributed by atoms with Crippen LogP contribution in [-0.4, -0.2) is 28.3 Å². The summed E-state index contributed by atoms with van der Waals surface area (Å²) < 4.78 is 6.18. The highest BCUT2D eigenvalue weighted by molar-refractivity contribution is 5.99. The molecular weight excluding hydrogens is 346 g/mol. The van der Waals surface area contributed by atoms with Crippen LogP contribution in [0.2, 0.25) is 0 Å². The third-order valence-electron chi connectivity index (χ3n) is 3.71. The fraction of sp³-hybridized carbons (Fsp3) is 0.400. The summed E-state index contributed by atoms with van der Waals surface area (Å²) in [6.45, 7) is 9.44. The van der Waals surface area contributed by atoms with E-state index in [0.29, 0.717) is 5.69 Å². The Morgan fingerprint density at radius 1 is 1.22 bits per heavy atom. The Bertz CT molecular complexity index is 910. The van der Waals surface area contributed by atoms with E-state index in [1.165, 1.54) is 6.07 Å². The van der Waals surface area contributed by atoms with Gasteiger partial charge in [0, 0.05) is 12.5 Å². The Hall–Kier alpha value is -2.96. The number of carbonyl (C=O) groups excluding carboxylic acids is 2. The molecule has 2 aromatic rings. The predicted molar refractivity (Wildman–Crippen MR) is 103 cm³/mol. The minimum absolute atomic E-state index is 0.0533. The summed E-state index contributed by atoms with van der Waals surface area (Å²) >= 11 is 0. The standard InChI is InChI=1S/C20H25N3O4/c1-6-27-19(26)18-14(21-16(24)12-20(3,4)5)11-17(25)23(22-18)15-10-8-7-9-13(15)2/h7-11H,6,12H2,1-5H3,(H,21,24). The molecule has 1 N–H and O–H groups in total. The number of nitrogens with one attached hydrogen (secondary N) is 1. The highest BCUT2D eigenvalue weighted by Gasteiger charge is 2.22. The Morgan fingerprint density at radius 3 is 2.48 bits per heavy atom. The number of nitrogens with zero attached hydrogens (tertiary/aromatic N) is 2. The van der Waals surface area contributed by atoms with Crippen molar-refractivity contribution in [2.24, 2.45) is 5.41 Å². The van der Waals surface area contributed by atoms with Crippen LogP contribution in [0.4, 0.5) is 5.69 Å². The second-order valence-corrected chi connectivity index (χ2v) is 7.45. The molecule has 2 rings (SSSR count). The number of hydrogen-bond donors (Lipinski definition) is 1. The van der Waals surface area contributed by atoms with Gasteiger partial charge in [-0.1, -0.05) is 39.0 Å². The molecule has 0 aliphatic rings. The molecule has 1 amide bonds. The quantitative estimate of drug-likeness (QED) is 0.816. The molecule has 0 bridgehead atoms. The van der Waals surface area contributed by atoms with E-state index in [-0.39, 0.29) is 35.7 Å². The maximum Gasteiger partial charge on any atom is 0.360 e. The van der Waals surface area contributed by atoms with Crippen LogP contribution >= 0.6 is 0 Å². The van der Waals surface area contributed by atoms with Gasteiger partial charge >= 0.3 is 5.97 Å². The molecule has 0 unspecified atom stereocenters. The van der Waals surface area contributed by atoms with Crippen molar-refractivity contribution < 1.29 is 14.3 Å². The predicted octanol–water partition coefficient (Wildman–Crippen LogP) is 3.09. The zero-order chi connectivity index (χ0) is 20.2. The van der Waals surface area contributed by atoms with Gasteiger partial charge in [0.2, 0.25) is 5.91 Å². The second kappa shape index (κ2) is 8.16. The number of aryl methyl sites for hydroxylation is 1. The van der Waals surface area contributed by atoms with E-state index in [9.17, 15) is 14.4 Å². The van der Waals surface area contributed by atoms with Gasteiger partial charge in [0.05, 0.1) is 18.0 Å². The van der Waals surface area contributed by atoms with Gasteiger partial charge in [-0.25, -0.2) is 4.79 Å². The van der Waals surface area contributed by atoms with E-state index in [1.54, 1.807) is 19.1 Å². The average Bonchev–Trinajstić information content (AvgIpc) is 2.54. The molecule has 1 heterocycles. The first-order valence-corrected chi connectivity index (χ1v) is 8.79. The molecule has 0 saturated heterocycles. The summed E-state index contributed by atoms with van der Waals surface area (Å²) in [5, 5.41) is 6.81. The fourth-order valence-corrected chi connectivity index (χ4v) is 2.55. The molecule has 0 spiro atoms. The maximum absolute atomic E-state index is 12.6. The number of aromatic nitrogens is 2. The van der Waals surface area contributed by atoms with Crippen molar-refractivity contribution in [1.82, 2.24) is 9.78 Å². The summed E-state index contributed by atoms with van der Waals surface area (Å²) in [6, 6.07) is 8.39. The van der Waals surface area contributed by atoms with E-state index < -0.39 is 11.5 Å². The molecule has 7 nitrogen and oxygen atoms in total. The molecule has 0 saturated carbocycles. The van der Waals surface area contributed by atoms with Crippen LogP contribution in [0.3, 0.4) is 0 Å². The van der Waals surface area contributed by atoms with Crippen molar-refractivity contribution in [3.8, 4) is 5.69 Å². The van der Waals surface area contributed by atoms with E-state index in [0.717, 1.165) is 10.2 Å². The fourth-order valence-electron chi connectivity index (χ4n) is 2.55. The van der Waals surface area contributed by atoms with Crippen LogP contribution in [0.5, 0.6) is 0 Å². The molecule has 27 heavy (non-hydrogen) atoms. The summed E-state index contributed by atoms with van der Waals surface area (Å²) in [7, 11) is 0. The van der Waals surface area contributed by atoms with E-state index in [1.807, 2.05) is 39.8 Å². The molecule has 0 atom stereocenters. The lowest BCUT2D eigenvalue weighted by molar-refractivity contribution is -0.117. The minimum atomic E-state index is -0.703. The summed E-state index contributed by atoms with van der Waals surface area (Å²) in [4.78, 5) is 37.2. The Morgan fingerprint density at radius 2 is 1.89 bits per heavy atom. The smallest absolute Gasteiger partial charge is 0.360 e. The van der Waals surface area contributed by atoms with Crippen molar-refractivity contribution in [3.63, 3.8) is 0 Å². The average molecular weight is 371 g/mol. The normalized spacial score (nSPS) is 11.1. The maximum atomic E-state index is 12.6. The Kier molecular flexibility index (Phi) is 6.15. The number of anilines is 1. The lowest BCUT2D eigenvalue weighted by atomic mass is 9.92. The number of benzene rings is 1. The zero-order valence-corrected chi connectivity index (χ0v) is 16.3. The van der Waals surface area contributed by atoms with Gasteiger partial charge in [-0.2, -0.15) is 9.78 Å². The highest BCUT2D eigenvalue weighted by atomic mass is 16.5. The van der Waals surface area contributed by atoms with Crippen molar-refractivity contribution in [2.75, 3.05) is 11.9 Å². The van der Waals surface area contributed by atoms with Crippen molar-refractivity contribution in [1.29, 1.82) is 0 Å². The molecule has 1 aromatic carbocycles. The SMILES string of the molecule is CCOC(=O)c1nn(-c2ccccc2C)c(=O)cc1NC(=O)CC(C)(C)C. The van der Waals surface area contributed by atoms with Crippen LogP contribution < -0.4 is 10.9 Å². The molecule has 144 valence electrons. The van der Waals surface area contributed by atoms with Gasteiger partial charge < -0.3 is 10.1 Å². The van der Waals surface area contributed by atoms with E-state index in [2.05, 4.69) is 10.4 Å². The number of amides is 1. The van der Waals surface area contributed by atoms with Gasteiger partial charge in [-0.15, -0.1) is 0 Å². The number of rotatable bonds is 5. The number of hydrogen-bond acceptors (Lipinski definition) is 5. The highest BCUT2D eigenvalue weighted by Crippen LogP contribution is 2.21. The molecule has 0 aliphatic heterocycles. The van der Waals surface area contributed by atoms with Crippen LogP contribution in [0.15, 0.2) is 35.1 Å². The third-order valence-corrected chi connectivity index (χ3v) is 3.71. The molecular formula is C20H25N3O4. The number of para-hydroxylation sites is 1. The first-order chi connectivity index (χ1) is 12.6. The number of esters is 1. The molecule has 0 fully saturated rings. The van der Waals surface area contributed by atoms with Gasteiger partial charge in [-0.3, -0.25) is 9.59 Å². The topological polar surface area (TPSA) is 90.3 Å². The molecule has 0 radical (unpaired) electrons. The zero-order valence-electron chi connectivity index (χ0n) is 16.3. The number of carbonyl (C=O) groups is 2. The van der Waals surface area contributed by atoms with Crippen LogP contribution in [0.1, 0.15) is 50.2 Å². The second-order valence-electron chi connectivity index (χ2n) is 7.45. The van der Waals surface area contributed by atoms with E-state index >= 15 is 0 Å². The third kappa shape index (κ3) is 5.26. The minimum Gasteiger partial charge on any atom is -0.461 e. The van der Waals surface area contributed by atoms with Crippen molar-refractivity contribution in [2.45, 2.75) is 41.0 Å². The van der Waals surface area contributed by atoms with Gasteiger partial charge in [0.15, 0.2) is 5.69 Å². The Labute approximate surface area is 158 Å². The summed E-state index contributed by atoms with van der Waals surface area (Å²) in [5.74, 6) is -1.01. The van der Waals surface area contributed by atoms with Crippen LogP contribution in [-0.2, 0) is 9.53 Å². The monoisotopic (exact) mass is 371 g/mol. The lowest BCUT2D eigenvalue weighted by Crippen LogP contribution is -2.28. The van der Waals surface area contributed by atoms with Crippen LogP contribution in [0, 0.1) is 12.3 Å². The summed E-state index contributed by atoms with van der Waals surface area (Å²) in [6.07, 6.45) is 0.232. The first kappa shape index (κ1) is 20.4. The number of ether oxygens (including phenoxy) is 1. The van der Waals surface area contributed by atoms with Crippen LogP contribution in [0.25, 0.3) is 5.69 Å². The summed E-state index contributed by atoms with van der Waals surface area (Å²) in [5.41, 5.74) is 0.632. The van der Waals surface area contributed by atoms with Gasteiger partial charge in [-0.05, 0) is 30.9 Å². The first-order valence-electron chi connectivity index (χ1n) is 8.79.